The minimum Gasteiger partial charge on any atom is -0.306 e. The van der Waals surface area contributed by atoms with Gasteiger partial charge in [0.05, 0.1) is 11.6 Å². The third-order valence-electron chi connectivity index (χ3n) is 2.91. The fourth-order valence-corrected chi connectivity index (χ4v) is 3.55. The monoisotopic (exact) mass is 381 g/mol. The molecule has 1 aromatic carbocycles. The number of hydrogen-bond acceptors (Lipinski definition) is 2. The first-order valence-electron chi connectivity index (χ1n) is 6.17. The molecule has 114 valence electrons. The predicted molar refractivity (Wildman–Crippen MR) is 78.9 cm³/mol. The molecule has 2 aromatic rings. The Bertz CT molecular complexity index is 624. The van der Waals surface area contributed by atoms with Gasteiger partial charge in [-0.2, -0.15) is 13.2 Å². The van der Waals surface area contributed by atoms with E-state index < -0.39 is 23.6 Å². The Morgan fingerprint density at radius 1 is 1.29 bits per heavy atom. The second kappa shape index (κ2) is 6.46. The van der Waals surface area contributed by atoms with E-state index in [4.69, 9.17) is 0 Å². The van der Waals surface area contributed by atoms with Crippen LogP contribution in [0.4, 0.5) is 17.6 Å². The van der Waals surface area contributed by atoms with Gasteiger partial charge in [0.2, 0.25) is 0 Å². The number of rotatable bonds is 4. The summed E-state index contributed by atoms with van der Waals surface area (Å²) in [5.41, 5.74) is -0.849. The lowest BCUT2D eigenvalue weighted by atomic mass is 10.0. The van der Waals surface area contributed by atoms with Gasteiger partial charge in [0, 0.05) is 14.7 Å². The Hall–Kier alpha value is -0.920. The highest BCUT2D eigenvalue weighted by Gasteiger charge is 2.34. The quantitative estimate of drug-likeness (QED) is 0.702. The molecule has 0 aliphatic heterocycles. The molecule has 0 bridgehead atoms. The molecule has 1 aromatic heterocycles. The molecule has 1 nitrogen and oxygen atoms in total. The van der Waals surface area contributed by atoms with Crippen molar-refractivity contribution in [1.29, 1.82) is 0 Å². The molecule has 7 heteroatoms. The second-order valence-corrected chi connectivity index (χ2v) is 6.25. The molecule has 1 heterocycles. The summed E-state index contributed by atoms with van der Waals surface area (Å²) in [4.78, 5) is 0.864. The average Bonchev–Trinajstić information content (AvgIpc) is 2.82. The lowest BCUT2D eigenvalue weighted by Gasteiger charge is -2.19. The average molecular weight is 382 g/mol. The van der Waals surface area contributed by atoms with E-state index in [0.29, 0.717) is 12.1 Å². The van der Waals surface area contributed by atoms with Crippen molar-refractivity contribution in [3.8, 4) is 0 Å². The summed E-state index contributed by atoms with van der Waals surface area (Å²) in [6.07, 6.45) is -4.70. The molecule has 21 heavy (non-hydrogen) atoms. The highest BCUT2D eigenvalue weighted by atomic mass is 79.9. The van der Waals surface area contributed by atoms with Crippen molar-refractivity contribution in [2.24, 2.45) is 0 Å². The van der Waals surface area contributed by atoms with Crippen LogP contribution in [-0.2, 0) is 6.18 Å². The van der Waals surface area contributed by atoms with Gasteiger partial charge < -0.3 is 5.32 Å². The summed E-state index contributed by atoms with van der Waals surface area (Å²) in [7, 11) is 0. The van der Waals surface area contributed by atoms with Gasteiger partial charge in [0.15, 0.2) is 0 Å². The van der Waals surface area contributed by atoms with Gasteiger partial charge in [0.1, 0.15) is 5.82 Å². The maximum Gasteiger partial charge on any atom is 0.419 e. The summed E-state index contributed by atoms with van der Waals surface area (Å²) >= 11 is 4.75. The summed E-state index contributed by atoms with van der Waals surface area (Å²) in [5, 5.41) is 4.98. The number of hydrogen-bond donors (Lipinski definition) is 1. The maximum atomic E-state index is 13.4. The Kier molecular flexibility index (Phi) is 5.06. The molecule has 0 amide bonds. The molecule has 0 saturated carbocycles. The molecule has 0 spiro atoms. The first-order valence-corrected chi connectivity index (χ1v) is 7.84. The van der Waals surface area contributed by atoms with Crippen LogP contribution < -0.4 is 5.32 Å². The van der Waals surface area contributed by atoms with E-state index in [9.17, 15) is 17.6 Å². The van der Waals surface area contributed by atoms with E-state index in [1.807, 2.05) is 18.4 Å². The normalized spacial score (nSPS) is 13.4. The van der Waals surface area contributed by atoms with E-state index >= 15 is 0 Å². The lowest BCUT2D eigenvalue weighted by molar-refractivity contribution is -0.140. The van der Waals surface area contributed by atoms with Crippen molar-refractivity contribution in [2.75, 3.05) is 6.54 Å². The molecule has 1 atom stereocenters. The van der Waals surface area contributed by atoms with Crippen molar-refractivity contribution in [2.45, 2.75) is 19.1 Å². The fourth-order valence-electron chi connectivity index (χ4n) is 2.01. The molecular weight excluding hydrogens is 370 g/mol. The zero-order chi connectivity index (χ0) is 15.6. The molecule has 0 aliphatic rings. The highest BCUT2D eigenvalue weighted by molar-refractivity contribution is 9.10. The van der Waals surface area contributed by atoms with Crippen LogP contribution in [0.3, 0.4) is 0 Å². The molecule has 2 rings (SSSR count). The molecule has 0 radical (unpaired) electrons. The van der Waals surface area contributed by atoms with Gasteiger partial charge in [0.25, 0.3) is 0 Å². The summed E-state index contributed by atoms with van der Waals surface area (Å²) in [5.74, 6) is -1.26. The summed E-state index contributed by atoms with van der Waals surface area (Å²) < 4.78 is 52.7. The molecule has 0 aliphatic carbocycles. The predicted octanol–water partition coefficient (Wildman–Crippen LogP) is 5.37. The third kappa shape index (κ3) is 3.84. The number of thiophene rings is 1. The standard InChI is InChI=1S/C14H12BrF4NS/c1-2-20-13(12-6-9(15)7-21-12)8-3-4-11(16)10(5-8)14(17,18)19/h3-7,13,20H,2H2,1H3. The van der Waals surface area contributed by atoms with Crippen LogP contribution in [0.15, 0.2) is 34.1 Å². The van der Waals surface area contributed by atoms with Crippen molar-refractivity contribution in [3.63, 3.8) is 0 Å². The second-order valence-electron chi connectivity index (χ2n) is 4.40. The van der Waals surface area contributed by atoms with Gasteiger partial charge >= 0.3 is 6.18 Å². The van der Waals surface area contributed by atoms with E-state index in [-0.39, 0.29) is 0 Å². The van der Waals surface area contributed by atoms with Gasteiger partial charge in [-0.3, -0.25) is 0 Å². The Balaban J connectivity index is 2.46. The first kappa shape index (κ1) is 16.5. The molecule has 1 unspecified atom stereocenters. The fraction of sp³-hybridized carbons (Fsp3) is 0.286. The number of halogens is 5. The minimum absolute atomic E-state index is 0.389. The van der Waals surface area contributed by atoms with E-state index in [0.717, 1.165) is 21.5 Å². The van der Waals surface area contributed by atoms with Crippen LogP contribution in [0, 0.1) is 5.82 Å². The van der Waals surface area contributed by atoms with Gasteiger partial charge in [-0.15, -0.1) is 11.3 Å². The van der Waals surface area contributed by atoms with E-state index in [2.05, 4.69) is 21.2 Å². The Morgan fingerprint density at radius 2 is 2.00 bits per heavy atom. The van der Waals surface area contributed by atoms with Crippen LogP contribution in [0.1, 0.15) is 29.0 Å². The van der Waals surface area contributed by atoms with E-state index in [1.54, 1.807) is 0 Å². The van der Waals surface area contributed by atoms with Crippen LogP contribution in [0.25, 0.3) is 0 Å². The smallest absolute Gasteiger partial charge is 0.306 e. The molecule has 0 fully saturated rings. The van der Waals surface area contributed by atoms with Crippen molar-refractivity contribution < 1.29 is 17.6 Å². The Morgan fingerprint density at radius 3 is 2.52 bits per heavy atom. The van der Waals surface area contributed by atoms with E-state index in [1.165, 1.54) is 17.4 Å². The van der Waals surface area contributed by atoms with Gasteiger partial charge in [-0.25, -0.2) is 4.39 Å². The van der Waals surface area contributed by atoms with Gasteiger partial charge in [-0.1, -0.05) is 13.0 Å². The zero-order valence-electron chi connectivity index (χ0n) is 11.0. The largest absolute Gasteiger partial charge is 0.419 e. The molecular formula is C14H12BrF4NS. The van der Waals surface area contributed by atoms with Crippen molar-refractivity contribution in [3.05, 3.63) is 55.9 Å². The van der Waals surface area contributed by atoms with Crippen LogP contribution in [0.2, 0.25) is 0 Å². The lowest BCUT2D eigenvalue weighted by Crippen LogP contribution is -2.22. The number of benzene rings is 1. The number of alkyl halides is 3. The number of nitrogens with one attached hydrogen (secondary N) is 1. The first-order chi connectivity index (χ1) is 9.82. The van der Waals surface area contributed by atoms with Crippen LogP contribution in [-0.4, -0.2) is 6.54 Å². The van der Waals surface area contributed by atoms with Crippen molar-refractivity contribution >= 4 is 27.3 Å². The Labute approximate surface area is 132 Å². The van der Waals surface area contributed by atoms with Crippen LogP contribution in [0.5, 0.6) is 0 Å². The van der Waals surface area contributed by atoms with Crippen molar-refractivity contribution in [1.82, 2.24) is 5.32 Å². The third-order valence-corrected chi connectivity index (χ3v) is 4.67. The zero-order valence-corrected chi connectivity index (χ0v) is 13.4. The molecule has 0 saturated heterocycles. The van der Waals surface area contributed by atoms with Gasteiger partial charge in [-0.05, 0) is 46.2 Å². The topological polar surface area (TPSA) is 12.0 Å². The van der Waals surface area contributed by atoms with Crippen LogP contribution >= 0.6 is 27.3 Å². The summed E-state index contributed by atoms with van der Waals surface area (Å²) in [6.45, 7) is 2.45. The molecule has 1 N–H and O–H groups in total. The minimum atomic E-state index is -4.70. The maximum absolute atomic E-state index is 13.4. The SMILES string of the molecule is CCNC(c1ccc(F)c(C(F)(F)F)c1)c1cc(Br)cs1. The summed E-state index contributed by atoms with van der Waals surface area (Å²) in [6, 6.07) is 4.56. The highest BCUT2D eigenvalue weighted by Crippen LogP contribution is 2.35.